The molecule has 3 heterocycles. The molecule has 0 radical (unpaired) electrons. The average Bonchev–Trinajstić information content (AvgIpc) is 2.61. The fraction of sp³-hybridized carbons (Fsp3) is 0.688. The maximum atomic E-state index is 12.3. The van der Waals surface area contributed by atoms with E-state index >= 15 is 0 Å². The Morgan fingerprint density at radius 1 is 1.36 bits per heavy atom. The van der Waals surface area contributed by atoms with Gasteiger partial charge in [-0.25, -0.2) is 9.97 Å². The van der Waals surface area contributed by atoms with E-state index in [0.29, 0.717) is 17.7 Å². The summed E-state index contributed by atoms with van der Waals surface area (Å²) in [7, 11) is 0. The minimum atomic E-state index is 0.0284. The lowest BCUT2D eigenvalue weighted by atomic mass is 9.90. The van der Waals surface area contributed by atoms with Crippen LogP contribution in [0.3, 0.4) is 0 Å². The molecular formula is C16H24N4O2. The number of amides is 1. The molecule has 1 aromatic heterocycles. The van der Waals surface area contributed by atoms with Crippen molar-refractivity contribution in [1.82, 2.24) is 20.2 Å². The highest BCUT2D eigenvalue weighted by Gasteiger charge is 2.25. The molecule has 1 unspecified atom stereocenters. The summed E-state index contributed by atoms with van der Waals surface area (Å²) in [5.41, 5.74) is 0.495. The highest BCUT2D eigenvalue weighted by Crippen LogP contribution is 2.24. The van der Waals surface area contributed by atoms with Crippen LogP contribution in [0.25, 0.3) is 0 Å². The Kier molecular flexibility index (Phi) is 5.34. The zero-order valence-electron chi connectivity index (χ0n) is 12.9. The van der Waals surface area contributed by atoms with Gasteiger partial charge in [0.1, 0.15) is 12.0 Å². The van der Waals surface area contributed by atoms with Crippen molar-refractivity contribution in [3.8, 4) is 0 Å². The quantitative estimate of drug-likeness (QED) is 0.902. The van der Waals surface area contributed by atoms with Gasteiger partial charge in [0, 0.05) is 32.4 Å². The summed E-state index contributed by atoms with van der Waals surface area (Å²) >= 11 is 0. The summed E-state index contributed by atoms with van der Waals surface area (Å²) in [6, 6.07) is 1.68. The van der Waals surface area contributed by atoms with Crippen molar-refractivity contribution in [2.75, 3.05) is 32.8 Å². The van der Waals surface area contributed by atoms with Gasteiger partial charge in [0.05, 0.1) is 12.7 Å². The van der Waals surface area contributed by atoms with Gasteiger partial charge in [0.25, 0.3) is 5.91 Å². The zero-order valence-corrected chi connectivity index (χ0v) is 12.9. The van der Waals surface area contributed by atoms with E-state index in [2.05, 4.69) is 15.3 Å². The number of piperidine rings is 1. The van der Waals surface area contributed by atoms with Crippen molar-refractivity contribution in [2.45, 2.75) is 31.8 Å². The van der Waals surface area contributed by atoms with Gasteiger partial charge in [-0.2, -0.15) is 0 Å². The first-order chi connectivity index (χ1) is 10.8. The molecule has 1 aromatic rings. The Balaban J connectivity index is 1.41. The van der Waals surface area contributed by atoms with Crippen LogP contribution in [0.2, 0.25) is 0 Å². The van der Waals surface area contributed by atoms with Crippen LogP contribution < -0.4 is 5.32 Å². The fourth-order valence-corrected chi connectivity index (χ4v) is 3.23. The molecule has 0 bridgehead atoms. The number of hydrogen-bond acceptors (Lipinski definition) is 5. The first-order valence-electron chi connectivity index (χ1n) is 8.20. The summed E-state index contributed by atoms with van der Waals surface area (Å²) in [4.78, 5) is 22.1. The Morgan fingerprint density at radius 3 is 2.91 bits per heavy atom. The third-order valence-corrected chi connectivity index (χ3v) is 4.60. The lowest BCUT2D eigenvalue weighted by Crippen LogP contribution is -2.40. The summed E-state index contributed by atoms with van der Waals surface area (Å²) in [5.74, 6) is 0.737. The van der Waals surface area contributed by atoms with E-state index in [-0.39, 0.29) is 5.91 Å². The van der Waals surface area contributed by atoms with Crippen LogP contribution in [0.15, 0.2) is 18.6 Å². The smallest absolute Gasteiger partial charge is 0.272 e. The molecule has 6 nitrogen and oxygen atoms in total. The standard InChI is InChI=1S/C16H24N4O2/c21-16(15-3-6-18-12-19-15)20-8-4-13(5-9-20)1-2-14-11-17-7-10-22-14/h3,6,12-14,17H,1-2,4-5,7-11H2. The van der Waals surface area contributed by atoms with E-state index in [0.717, 1.165) is 52.0 Å². The Bertz CT molecular complexity index is 468. The first-order valence-corrected chi connectivity index (χ1v) is 8.20. The van der Waals surface area contributed by atoms with Gasteiger partial charge < -0.3 is 15.0 Å². The van der Waals surface area contributed by atoms with Crippen LogP contribution in [0.5, 0.6) is 0 Å². The maximum Gasteiger partial charge on any atom is 0.272 e. The Labute approximate surface area is 131 Å². The van der Waals surface area contributed by atoms with Crippen molar-refractivity contribution >= 4 is 5.91 Å². The second-order valence-electron chi connectivity index (χ2n) is 6.10. The van der Waals surface area contributed by atoms with E-state index in [1.165, 1.54) is 12.7 Å². The monoisotopic (exact) mass is 304 g/mol. The number of carbonyl (C=O) groups is 1. The highest BCUT2D eigenvalue weighted by atomic mass is 16.5. The van der Waals surface area contributed by atoms with Gasteiger partial charge in [-0.3, -0.25) is 4.79 Å². The molecule has 22 heavy (non-hydrogen) atoms. The minimum absolute atomic E-state index is 0.0284. The molecule has 120 valence electrons. The van der Waals surface area contributed by atoms with Crippen molar-refractivity contribution in [1.29, 1.82) is 0 Å². The number of nitrogens with zero attached hydrogens (tertiary/aromatic N) is 3. The molecule has 1 atom stereocenters. The van der Waals surface area contributed by atoms with Crippen LogP contribution in [-0.4, -0.2) is 59.7 Å². The lowest BCUT2D eigenvalue weighted by Gasteiger charge is -2.33. The van der Waals surface area contributed by atoms with Crippen molar-refractivity contribution in [2.24, 2.45) is 5.92 Å². The van der Waals surface area contributed by atoms with Crippen molar-refractivity contribution < 1.29 is 9.53 Å². The molecule has 0 saturated carbocycles. The minimum Gasteiger partial charge on any atom is -0.376 e. The molecule has 2 fully saturated rings. The van der Waals surface area contributed by atoms with Gasteiger partial charge in [0.2, 0.25) is 0 Å². The second-order valence-corrected chi connectivity index (χ2v) is 6.10. The van der Waals surface area contributed by atoms with Gasteiger partial charge in [-0.05, 0) is 37.7 Å². The van der Waals surface area contributed by atoms with Crippen LogP contribution in [0, 0.1) is 5.92 Å². The molecule has 1 amide bonds. The normalized spacial score (nSPS) is 23.5. The van der Waals surface area contributed by atoms with Crippen molar-refractivity contribution in [3.63, 3.8) is 0 Å². The van der Waals surface area contributed by atoms with E-state index in [1.807, 2.05) is 4.90 Å². The molecule has 0 spiro atoms. The average molecular weight is 304 g/mol. The number of nitrogens with one attached hydrogen (secondary N) is 1. The molecular weight excluding hydrogens is 280 g/mol. The number of carbonyl (C=O) groups excluding carboxylic acids is 1. The van der Waals surface area contributed by atoms with Crippen molar-refractivity contribution in [3.05, 3.63) is 24.3 Å². The number of hydrogen-bond donors (Lipinski definition) is 1. The van der Waals surface area contributed by atoms with Crippen LogP contribution >= 0.6 is 0 Å². The van der Waals surface area contributed by atoms with E-state index in [1.54, 1.807) is 12.3 Å². The topological polar surface area (TPSA) is 67.4 Å². The number of aromatic nitrogens is 2. The lowest BCUT2D eigenvalue weighted by molar-refractivity contribution is 0.0175. The van der Waals surface area contributed by atoms with E-state index in [9.17, 15) is 4.79 Å². The third kappa shape index (κ3) is 4.01. The summed E-state index contributed by atoms with van der Waals surface area (Å²) in [6.45, 7) is 4.44. The Morgan fingerprint density at radius 2 is 2.23 bits per heavy atom. The molecule has 0 aliphatic carbocycles. The third-order valence-electron chi connectivity index (χ3n) is 4.60. The molecule has 6 heteroatoms. The maximum absolute atomic E-state index is 12.3. The zero-order chi connectivity index (χ0) is 15.2. The second kappa shape index (κ2) is 7.65. The molecule has 2 aliphatic rings. The summed E-state index contributed by atoms with van der Waals surface area (Å²) < 4.78 is 5.74. The fourth-order valence-electron chi connectivity index (χ4n) is 3.23. The number of ether oxygens (including phenoxy) is 1. The Hall–Kier alpha value is -1.53. The van der Waals surface area contributed by atoms with Gasteiger partial charge in [0.15, 0.2) is 0 Å². The predicted molar refractivity (Wildman–Crippen MR) is 82.5 cm³/mol. The number of likely N-dealkylation sites (tertiary alicyclic amines) is 1. The number of morpholine rings is 1. The van der Waals surface area contributed by atoms with Gasteiger partial charge in [-0.1, -0.05) is 0 Å². The largest absolute Gasteiger partial charge is 0.376 e. The predicted octanol–water partition coefficient (Wildman–Crippen LogP) is 1.10. The first kappa shape index (κ1) is 15.4. The molecule has 3 rings (SSSR count). The van der Waals surface area contributed by atoms with E-state index in [4.69, 9.17) is 4.74 Å². The van der Waals surface area contributed by atoms with Gasteiger partial charge >= 0.3 is 0 Å². The van der Waals surface area contributed by atoms with Crippen LogP contribution in [-0.2, 0) is 4.74 Å². The van der Waals surface area contributed by atoms with Crippen LogP contribution in [0.4, 0.5) is 0 Å². The van der Waals surface area contributed by atoms with Gasteiger partial charge in [-0.15, -0.1) is 0 Å². The molecule has 2 saturated heterocycles. The molecule has 0 aromatic carbocycles. The SMILES string of the molecule is O=C(c1ccncn1)N1CCC(CCC2CNCCO2)CC1. The summed E-state index contributed by atoms with van der Waals surface area (Å²) in [6.07, 6.45) is 7.89. The molecule has 1 N–H and O–H groups in total. The molecule has 2 aliphatic heterocycles. The number of rotatable bonds is 4. The highest BCUT2D eigenvalue weighted by molar-refractivity contribution is 5.92. The van der Waals surface area contributed by atoms with Crippen LogP contribution in [0.1, 0.15) is 36.2 Å². The summed E-state index contributed by atoms with van der Waals surface area (Å²) in [5, 5.41) is 3.37. The van der Waals surface area contributed by atoms with E-state index < -0.39 is 0 Å².